The van der Waals surface area contributed by atoms with Gasteiger partial charge >= 0.3 is 5.97 Å². The van der Waals surface area contributed by atoms with E-state index in [4.69, 9.17) is 4.74 Å². The molecule has 0 spiro atoms. The van der Waals surface area contributed by atoms with E-state index >= 15 is 0 Å². The molecule has 1 aromatic heterocycles. The van der Waals surface area contributed by atoms with Gasteiger partial charge < -0.3 is 14.7 Å². The van der Waals surface area contributed by atoms with Crippen molar-refractivity contribution in [1.82, 2.24) is 4.98 Å². The number of rotatable bonds is 2. The summed E-state index contributed by atoms with van der Waals surface area (Å²) in [5, 5.41) is 9.27. The molecule has 0 amide bonds. The molecule has 1 aliphatic heterocycles. The molecule has 1 saturated heterocycles. The lowest BCUT2D eigenvalue weighted by Crippen LogP contribution is -2.38. The van der Waals surface area contributed by atoms with Crippen LogP contribution in [0.15, 0.2) is 6.07 Å². The van der Waals surface area contributed by atoms with Gasteiger partial charge in [0.15, 0.2) is 0 Å². The Labute approximate surface area is 100 Å². The Balaban J connectivity index is 2.46. The summed E-state index contributed by atoms with van der Waals surface area (Å²) in [7, 11) is 0. The van der Waals surface area contributed by atoms with Crippen molar-refractivity contribution in [2.24, 2.45) is 0 Å². The first-order valence-corrected chi connectivity index (χ1v) is 5.64. The molecule has 0 radical (unpaired) electrons. The fraction of sp³-hybridized carbons (Fsp3) is 0.500. The highest BCUT2D eigenvalue weighted by Crippen LogP contribution is 2.23. The van der Waals surface area contributed by atoms with Gasteiger partial charge in [0.25, 0.3) is 0 Å². The molecule has 5 heteroatoms. The van der Waals surface area contributed by atoms with Crippen molar-refractivity contribution in [2.75, 3.05) is 31.2 Å². The molecule has 17 heavy (non-hydrogen) atoms. The van der Waals surface area contributed by atoms with E-state index in [1.807, 2.05) is 18.7 Å². The molecule has 2 rings (SSSR count). The van der Waals surface area contributed by atoms with E-state index in [1.54, 1.807) is 6.07 Å². The Kier molecular flexibility index (Phi) is 3.28. The minimum absolute atomic E-state index is 0.303. The number of carboxylic acids is 1. The Bertz CT molecular complexity index is 440. The lowest BCUT2D eigenvalue weighted by atomic mass is 10.1. The summed E-state index contributed by atoms with van der Waals surface area (Å²) in [6.45, 7) is 6.30. The van der Waals surface area contributed by atoms with E-state index in [1.165, 1.54) is 0 Å². The lowest BCUT2D eigenvalue weighted by Gasteiger charge is -2.29. The van der Waals surface area contributed by atoms with Gasteiger partial charge in [-0.3, -0.25) is 0 Å². The van der Waals surface area contributed by atoms with E-state index in [-0.39, 0.29) is 0 Å². The summed E-state index contributed by atoms with van der Waals surface area (Å²) in [5.41, 5.74) is 1.90. The number of nitrogens with zero attached hydrogens (tertiary/aromatic N) is 2. The second-order valence-corrected chi connectivity index (χ2v) is 4.18. The molecule has 0 aliphatic carbocycles. The molecule has 0 aromatic carbocycles. The number of ether oxygens (including phenoxy) is 1. The third-order valence-corrected chi connectivity index (χ3v) is 2.85. The van der Waals surface area contributed by atoms with Crippen molar-refractivity contribution in [2.45, 2.75) is 13.8 Å². The van der Waals surface area contributed by atoms with Gasteiger partial charge in [-0.2, -0.15) is 0 Å². The SMILES string of the molecule is Cc1cc(C)c(C(=O)O)c(N2CCOCC2)n1. The Hall–Kier alpha value is -1.62. The number of hydrogen-bond donors (Lipinski definition) is 1. The van der Waals surface area contributed by atoms with Gasteiger partial charge in [-0.05, 0) is 25.5 Å². The predicted octanol–water partition coefficient (Wildman–Crippen LogP) is 1.23. The number of pyridine rings is 1. The van der Waals surface area contributed by atoms with Gasteiger partial charge in [-0.25, -0.2) is 9.78 Å². The van der Waals surface area contributed by atoms with E-state index in [0.29, 0.717) is 37.7 Å². The van der Waals surface area contributed by atoms with E-state index in [9.17, 15) is 9.90 Å². The van der Waals surface area contributed by atoms with Crippen molar-refractivity contribution in [1.29, 1.82) is 0 Å². The van der Waals surface area contributed by atoms with Crippen LogP contribution in [0.25, 0.3) is 0 Å². The quantitative estimate of drug-likeness (QED) is 0.836. The molecule has 0 saturated carbocycles. The monoisotopic (exact) mass is 236 g/mol. The molecule has 5 nitrogen and oxygen atoms in total. The van der Waals surface area contributed by atoms with Crippen LogP contribution < -0.4 is 4.90 Å². The van der Waals surface area contributed by atoms with E-state index in [0.717, 1.165) is 11.3 Å². The fourth-order valence-corrected chi connectivity index (χ4v) is 2.09. The molecule has 2 heterocycles. The number of carboxylic acid groups (broad SMARTS) is 1. The molecule has 0 bridgehead atoms. The van der Waals surface area contributed by atoms with Gasteiger partial charge in [0.05, 0.1) is 13.2 Å². The highest BCUT2D eigenvalue weighted by atomic mass is 16.5. The number of hydrogen-bond acceptors (Lipinski definition) is 4. The van der Waals surface area contributed by atoms with Crippen LogP contribution in [0.2, 0.25) is 0 Å². The van der Waals surface area contributed by atoms with Crippen LogP contribution in [-0.4, -0.2) is 42.4 Å². The van der Waals surface area contributed by atoms with E-state index < -0.39 is 5.97 Å². The average Bonchev–Trinajstić information content (AvgIpc) is 2.28. The third-order valence-electron chi connectivity index (χ3n) is 2.85. The van der Waals surface area contributed by atoms with Crippen molar-refractivity contribution >= 4 is 11.8 Å². The van der Waals surface area contributed by atoms with Gasteiger partial charge in [-0.15, -0.1) is 0 Å². The van der Waals surface area contributed by atoms with Crippen molar-refractivity contribution in [3.8, 4) is 0 Å². The van der Waals surface area contributed by atoms with Crippen LogP contribution in [0, 0.1) is 13.8 Å². The zero-order valence-corrected chi connectivity index (χ0v) is 10.1. The Morgan fingerprint density at radius 1 is 1.41 bits per heavy atom. The highest BCUT2D eigenvalue weighted by Gasteiger charge is 2.22. The molecule has 1 fully saturated rings. The van der Waals surface area contributed by atoms with Gasteiger partial charge in [-0.1, -0.05) is 0 Å². The smallest absolute Gasteiger partial charge is 0.339 e. The molecule has 0 unspecified atom stereocenters. The zero-order chi connectivity index (χ0) is 12.4. The molecule has 92 valence electrons. The number of aromatic carboxylic acids is 1. The van der Waals surface area contributed by atoms with Crippen LogP contribution in [0.1, 0.15) is 21.6 Å². The lowest BCUT2D eigenvalue weighted by molar-refractivity contribution is 0.0695. The first-order valence-electron chi connectivity index (χ1n) is 5.64. The van der Waals surface area contributed by atoms with Crippen LogP contribution in [0.3, 0.4) is 0 Å². The second-order valence-electron chi connectivity index (χ2n) is 4.18. The van der Waals surface area contributed by atoms with Crippen molar-refractivity contribution in [3.05, 3.63) is 22.9 Å². The maximum Gasteiger partial charge on any atom is 0.339 e. The second kappa shape index (κ2) is 4.71. The predicted molar refractivity (Wildman–Crippen MR) is 63.7 cm³/mol. The number of carbonyl (C=O) groups is 1. The van der Waals surface area contributed by atoms with E-state index in [2.05, 4.69) is 4.98 Å². The average molecular weight is 236 g/mol. The summed E-state index contributed by atoms with van der Waals surface area (Å²) in [5.74, 6) is -0.352. The molecular formula is C12H16N2O3. The molecule has 1 aliphatic rings. The standard InChI is InChI=1S/C12H16N2O3/c1-8-7-9(2)13-11(10(8)12(15)16)14-3-5-17-6-4-14/h7H,3-6H2,1-2H3,(H,15,16). The number of anilines is 1. The normalized spacial score (nSPS) is 16.0. The summed E-state index contributed by atoms with van der Waals surface area (Å²) < 4.78 is 5.27. The highest BCUT2D eigenvalue weighted by molar-refractivity contribution is 5.95. The van der Waals surface area contributed by atoms with Crippen LogP contribution in [0.4, 0.5) is 5.82 Å². The minimum atomic E-state index is -0.920. The first kappa shape index (κ1) is 11.9. The third kappa shape index (κ3) is 2.39. The summed E-state index contributed by atoms with van der Waals surface area (Å²) in [4.78, 5) is 17.6. The van der Waals surface area contributed by atoms with Gasteiger partial charge in [0.2, 0.25) is 0 Å². The number of aryl methyl sites for hydroxylation is 2. The van der Waals surface area contributed by atoms with Crippen molar-refractivity contribution in [3.63, 3.8) is 0 Å². The van der Waals surface area contributed by atoms with Gasteiger partial charge in [0.1, 0.15) is 11.4 Å². The minimum Gasteiger partial charge on any atom is -0.478 e. The number of aromatic nitrogens is 1. The number of morpholine rings is 1. The first-order chi connectivity index (χ1) is 8.09. The topological polar surface area (TPSA) is 62.7 Å². The maximum absolute atomic E-state index is 11.3. The summed E-state index contributed by atoms with van der Waals surface area (Å²) in [6, 6.07) is 1.80. The largest absolute Gasteiger partial charge is 0.478 e. The molecule has 0 atom stereocenters. The fourth-order valence-electron chi connectivity index (χ4n) is 2.09. The van der Waals surface area contributed by atoms with Crippen LogP contribution in [0.5, 0.6) is 0 Å². The Morgan fingerprint density at radius 2 is 2.06 bits per heavy atom. The summed E-state index contributed by atoms with van der Waals surface area (Å²) in [6.07, 6.45) is 0. The molecular weight excluding hydrogens is 220 g/mol. The van der Waals surface area contributed by atoms with Crippen LogP contribution in [-0.2, 0) is 4.74 Å². The summed E-state index contributed by atoms with van der Waals surface area (Å²) >= 11 is 0. The molecule has 1 aromatic rings. The van der Waals surface area contributed by atoms with Gasteiger partial charge in [0, 0.05) is 18.8 Å². The van der Waals surface area contributed by atoms with Crippen LogP contribution >= 0.6 is 0 Å². The molecule has 1 N–H and O–H groups in total. The van der Waals surface area contributed by atoms with Crippen molar-refractivity contribution < 1.29 is 14.6 Å². The maximum atomic E-state index is 11.3. The zero-order valence-electron chi connectivity index (χ0n) is 10.1. The Morgan fingerprint density at radius 3 is 2.65 bits per heavy atom.